The SMILES string of the molecule is O=C(O)CCc1ncc(C(F)F)[nH]1. The van der Waals surface area contributed by atoms with E-state index in [9.17, 15) is 13.6 Å². The first-order valence-electron chi connectivity index (χ1n) is 3.63. The number of hydrogen-bond acceptors (Lipinski definition) is 2. The number of aromatic nitrogens is 2. The van der Waals surface area contributed by atoms with E-state index in [0.29, 0.717) is 0 Å². The van der Waals surface area contributed by atoms with Crippen LogP contribution in [0.15, 0.2) is 6.20 Å². The van der Waals surface area contributed by atoms with Gasteiger partial charge in [0.2, 0.25) is 0 Å². The molecule has 0 aliphatic heterocycles. The van der Waals surface area contributed by atoms with Crippen LogP contribution in [0.2, 0.25) is 0 Å². The molecule has 0 radical (unpaired) electrons. The molecule has 1 heterocycles. The number of hydrogen-bond donors (Lipinski definition) is 2. The van der Waals surface area contributed by atoms with E-state index < -0.39 is 12.4 Å². The molecule has 0 saturated carbocycles. The third-order valence-corrected chi connectivity index (χ3v) is 1.46. The molecule has 72 valence electrons. The maximum atomic E-state index is 12.0. The highest BCUT2D eigenvalue weighted by atomic mass is 19.3. The van der Waals surface area contributed by atoms with E-state index >= 15 is 0 Å². The average molecular weight is 190 g/mol. The molecule has 4 nitrogen and oxygen atoms in total. The van der Waals surface area contributed by atoms with Gasteiger partial charge in [0.15, 0.2) is 0 Å². The second-order valence-electron chi connectivity index (χ2n) is 2.48. The molecule has 1 aromatic heterocycles. The fraction of sp³-hybridized carbons (Fsp3) is 0.429. The minimum Gasteiger partial charge on any atom is -0.481 e. The number of carbonyl (C=O) groups is 1. The molecule has 6 heteroatoms. The first-order valence-corrected chi connectivity index (χ1v) is 3.63. The van der Waals surface area contributed by atoms with Gasteiger partial charge in [0.25, 0.3) is 6.43 Å². The second-order valence-corrected chi connectivity index (χ2v) is 2.48. The predicted octanol–water partition coefficient (Wildman–Crippen LogP) is 1.36. The third-order valence-electron chi connectivity index (χ3n) is 1.46. The van der Waals surface area contributed by atoms with Crippen molar-refractivity contribution in [3.8, 4) is 0 Å². The predicted molar refractivity (Wildman–Crippen MR) is 39.5 cm³/mol. The number of alkyl halides is 2. The van der Waals surface area contributed by atoms with Gasteiger partial charge < -0.3 is 10.1 Å². The van der Waals surface area contributed by atoms with Crippen LogP contribution in [-0.2, 0) is 11.2 Å². The van der Waals surface area contributed by atoms with Gasteiger partial charge in [0, 0.05) is 6.42 Å². The summed E-state index contributed by atoms with van der Waals surface area (Å²) in [5.41, 5.74) is -0.277. The quantitative estimate of drug-likeness (QED) is 0.753. The average Bonchev–Trinajstić information content (AvgIpc) is 2.48. The van der Waals surface area contributed by atoms with Gasteiger partial charge in [-0.05, 0) is 0 Å². The fourth-order valence-corrected chi connectivity index (χ4v) is 0.842. The summed E-state index contributed by atoms with van der Waals surface area (Å²) in [6.45, 7) is 0. The number of aryl methyl sites for hydroxylation is 1. The van der Waals surface area contributed by atoms with Gasteiger partial charge >= 0.3 is 5.97 Å². The first-order chi connectivity index (χ1) is 6.09. The summed E-state index contributed by atoms with van der Waals surface area (Å²) >= 11 is 0. The summed E-state index contributed by atoms with van der Waals surface area (Å²) in [4.78, 5) is 16.1. The molecule has 0 fully saturated rings. The van der Waals surface area contributed by atoms with Gasteiger partial charge in [-0.3, -0.25) is 4.79 Å². The van der Waals surface area contributed by atoms with Gasteiger partial charge in [-0.25, -0.2) is 13.8 Å². The van der Waals surface area contributed by atoms with Crippen molar-refractivity contribution in [1.82, 2.24) is 9.97 Å². The van der Waals surface area contributed by atoms with E-state index in [0.717, 1.165) is 6.20 Å². The Morgan fingerprint density at radius 2 is 2.38 bits per heavy atom. The molecule has 0 bridgehead atoms. The number of nitrogens with zero attached hydrogens (tertiary/aromatic N) is 1. The second kappa shape index (κ2) is 3.97. The van der Waals surface area contributed by atoms with Crippen LogP contribution in [-0.4, -0.2) is 21.0 Å². The molecule has 0 aliphatic carbocycles. The molecule has 0 aromatic carbocycles. The van der Waals surface area contributed by atoms with Crippen LogP contribution in [0.4, 0.5) is 8.78 Å². The van der Waals surface area contributed by atoms with Crippen molar-refractivity contribution in [3.05, 3.63) is 17.7 Å². The minimum atomic E-state index is -2.59. The number of halogens is 2. The largest absolute Gasteiger partial charge is 0.481 e. The molecule has 1 rings (SSSR count). The van der Waals surface area contributed by atoms with Gasteiger partial charge in [-0.15, -0.1) is 0 Å². The summed E-state index contributed by atoms with van der Waals surface area (Å²) < 4.78 is 24.0. The van der Waals surface area contributed by atoms with Gasteiger partial charge in [-0.1, -0.05) is 0 Å². The van der Waals surface area contributed by atoms with Crippen molar-refractivity contribution in [1.29, 1.82) is 0 Å². The lowest BCUT2D eigenvalue weighted by Crippen LogP contribution is -1.98. The molecule has 1 aromatic rings. The fourth-order valence-electron chi connectivity index (χ4n) is 0.842. The Balaban J connectivity index is 2.54. The Morgan fingerprint density at radius 1 is 1.69 bits per heavy atom. The van der Waals surface area contributed by atoms with Crippen molar-refractivity contribution >= 4 is 5.97 Å². The van der Waals surface area contributed by atoms with Crippen LogP contribution < -0.4 is 0 Å². The number of rotatable bonds is 4. The number of imidazole rings is 1. The Bertz CT molecular complexity index is 298. The highest BCUT2D eigenvalue weighted by molar-refractivity contribution is 5.66. The highest BCUT2D eigenvalue weighted by Crippen LogP contribution is 2.15. The molecule has 2 N–H and O–H groups in total. The minimum absolute atomic E-state index is 0.115. The first kappa shape index (κ1) is 9.63. The standard InChI is InChI=1S/C7H8F2N2O2/c8-7(9)4-3-10-5(11-4)1-2-6(12)13/h3,7H,1-2H2,(H,10,11)(H,12,13). The van der Waals surface area contributed by atoms with E-state index in [-0.39, 0.29) is 24.4 Å². The molecule has 0 aliphatic rings. The van der Waals surface area contributed by atoms with E-state index in [1.165, 1.54) is 0 Å². The van der Waals surface area contributed by atoms with E-state index in [1.807, 2.05) is 0 Å². The zero-order valence-corrected chi connectivity index (χ0v) is 6.63. The maximum Gasteiger partial charge on any atom is 0.303 e. The monoisotopic (exact) mass is 190 g/mol. The number of carboxylic acid groups (broad SMARTS) is 1. The van der Waals surface area contributed by atoms with Gasteiger partial charge in [0.1, 0.15) is 11.5 Å². The molecule has 0 amide bonds. The van der Waals surface area contributed by atoms with Crippen LogP contribution >= 0.6 is 0 Å². The molecule has 0 unspecified atom stereocenters. The molecule has 0 atom stereocenters. The molecular formula is C7H8F2N2O2. The van der Waals surface area contributed by atoms with Crippen molar-refractivity contribution in [2.75, 3.05) is 0 Å². The number of aliphatic carboxylic acids is 1. The molecular weight excluding hydrogens is 182 g/mol. The number of H-pyrrole nitrogens is 1. The lowest BCUT2D eigenvalue weighted by molar-refractivity contribution is -0.137. The Morgan fingerprint density at radius 3 is 2.85 bits per heavy atom. The summed E-state index contributed by atoms with van der Waals surface area (Å²) in [5, 5.41) is 8.30. The van der Waals surface area contributed by atoms with E-state index in [4.69, 9.17) is 5.11 Å². The highest BCUT2D eigenvalue weighted by Gasteiger charge is 2.10. The zero-order valence-electron chi connectivity index (χ0n) is 6.63. The summed E-state index contributed by atoms with van der Waals surface area (Å²) in [6.07, 6.45) is -1.55. The summed E-state index contributed by atoms with van der Waals surface area (Å²) in [7, 11) is 0. The zero-order chi connectivity index (χ0) is 9.84. The van der Waals surface area contributed by atoms with Crippen LogP contribution in [0.1, 0.15) is 24.4 Å². The molecule has 13 heavy (non-hydrogen) atoms. The van der Waals surface area contributed by atoms with Crippen LogP contribution in [0, 0.1) is 0 Å². The van der Waals surface area contributed by atoms with Crippen LogP contribution in [0.25, 0.3) is 0 Å². The van der Waals surface area contributed by atoms with Crippen molar-refractivity contribution in [2.45, 2.75) is 19.3 Å². The Kier molecular flexibility index (Phi) is 2.94. The van der Waals surface area contributed by atoms with E-state index in [1.54, 1.807) is 0 Å². The van der Waals surface area contributed by atoms with Gasteiger partial charge in [0.05, 0.1) is 12.6 Å². The van der Waals surface area contributed by atoms with Crippen molar-refractivity contribution in [2.24, 2.45) is 0 Å². The summed E-state index contributed by atoms with van der Waals surface area (Å²) in [6, 6.07) is 0. The van der Waals surface area contributed by atoms with Crippen LogP contribution in [0.5, 0.6) is 0 Å². The third kappa shape index (κ3) is 2.81. The Hall–Kier alpha value is -1.46. The van der Waals surface area contributed by atoms with Gasteiger partial charge in [-0.2, -0.15) is 0 Å². The van der Waals surface area contributed by atoms with Crippen LogP contribution in [0.3, 0.4) is 0 Å². The smallest absolute Gasteiger partial charge is 0.303 e. The van der Waals surface area contributed by atoms with Crippen molar-refractivity contribution in [3.63, 3.8) is 0 Å². The van der Waals surface area contributed by atoms with E-state index in [2.05, 4.69) is 9.97 Å². The summed E-state index contributed by atoms with van der Waals surface area (Å²) in [5.74, 6) is -0.701. The lowest BCUT2D eigenvalue weighted by atomic mass is 10.3. The lowest BCUT2D eigenvalue weighted by Gasteiger charge is -1.93. The maximum absolute atomic E-state index is 12.0. The Labute approximate surface area is 72.6 Å². The van der Waals surface area contributed by atoms with Crippen molar-refractivity contribution < 1.29 is 18.7 Å². The normalized spacial score (nSPS) is 10.7. The number of nitrogens with one attached hydrogen (secondary N) is 1. The number of carboxylic acids is 1. The molecule has 0 spiro atoms. The topological polar surface area (TPSA) is 66.0 Å². The number of aromatic amines is 1. The molecule has 0 saturated heterocycles.